The molecule has 2 aromatic carbocycles. The van der Waals surface area contributed by atoms with Crippen LogP contribution >= 0.6 is 0 Å². The van der Waals surface area contributed by atoms with Crippen LogP contribution in [0.2, 0.25) is 0 Å². The minimum absolute atomic E-state index is 0.0496. The number of anilines is 3. The second kappa shape index (κ2) is 8.12. The van der Waals surface area contributed by atoms with Gasteiger partial charge in [0.2, 0.25) is 11.8 Å². The summed E-state index contributed by atoms with van der Waals surface area (Å²) in [7, 11) is 1.29. The monoisotopic (exact) mass is 381 g/mol. The van der Waals surface area contributed by atoms with E-state index in [9.17, 15) is 14.4 Å². The Hall–Kier alpha value is -3.35. The standard InChI is InChI=1S/C21H23N3O4/c1-13-5-4-6-18(14(13)2)24-12-15(11-19(24)25)20(26)22-16-7-9-17(10-8-16)23-21(27)28-3/h4-10,15H,11-12H2,1-3H3,(H,22,26)(H,23,27). The molecule has 2 aromatic rings. The summed E-state index contributed by atoms with van der Waals surface area (Å²) >= 11 is 0. The molecule has 1 aliphatic rings. The zero-order valence-electron chi connectivity index (χ0n) is 16.1. The van der Waals surface area contributed by atoms with E-state index in [1.165, 1.54) is 7.11 Å². The van der Waals surface area contributed by atoms with Crippen LogP contribution in [-0.2, 0) is 14.3 Å². The average Bonchev–Trinajstić information content (AvgIpc) is 3.07. The summed E-state index contributed by atoms with van der Waals surface area (Å²) in [5.41, 5.74) is 4.17. The summed E-state index contributed by atoms with van der Waals surface area (Å²) in [5, 5.41) is 5.38. The maximum atomic E-state index is 12.6. The molecule has 7 nitrogen and oxygen atoms in total. The number of methoxy groups -OCH3 is 1. The third-order valence-corrected chi connectivity index (χ3v) is 4.95. The number of aryl methyl sites for hydroxylation is 1. The van der Waals surface area contributed by atoms with Crippen molar-refractivity contribution in [3.8, 4) is 0 Å². The molecule has 1 atom stereocenters. The minimum Gasteiger partial charge on any atom is -0.453 e. The van der Waals surface area contributed by atoms with Crippen molar-refractivity contribution in [3.63, 3.8) is 0 Å². The molecule has 1 aliphatic heterocycles. The minimum atomic E-state index is -0.562. The lowest BCUT2D eigenvalue weighted by atomic mass is 10.1. The molecule has 1 fully saturated rings. The normalized spacial score (nSPS) is 16.0. The third-order valence-electron chi connectivity index (χ3n) is 4.95. The molecule has 0 aromatic heterocycles. The number of carbonyl (C=O) groups excluding carboxylic acids is 3. The SMILES string of the molecule is COC(=O)Nc1ccc(NC(=O)C2CC(=O)N(c3cccc(C)c3C)C2)cc1. The summed E-state index contributed by atoms with van der Waals surface area (Å²) in [6.45, 7) is 4.34. The van der Waals surface area contributed by atoms with Gasteiger partial charge >= 0.3 is 6.09 Å². The Morgan fingerprint density at radius 1 is 1.04 bits per heavy atom. The highest BCUT2D eigenvalue weighted by molar-refractivity contribution is 6.04. The van der Waals surface area contributed by atoms with E-state index >= 15 is 0 Å². The smallest absolute Gasteiger partial charge is 0.411 e. The Kier molecular flexibility index (Phi) is 5.63. The fourth-order valence-corrected chi connectivity index (χ4v) is 3.19. The molecule has 1 saturated heterocycles. The van der Waals surface area contributed by atoms with E-state index in [1.807, 2.05) is 32.0 Å². The maximum absolute atomic E-state index is 12.6. The molecule has 0 bridgehead atoms. The van der Waals surface area contributed by atoms with Gasteiger partial charge < -0.3 is 15.0 Å². The Balaban J connectivity index is 1.65. The summed E-state index contributed by atoms with van der Waals surface area (Å²) < 4.78 is 4.53. The molecule has 3 rings (SSSR count). The van der Waals surface area contributed by atoms with Crippen molar-refractivity contribution in [2.45, 2.75) is 20.3 Å². The summed E-state index contributed by atoms with van der Waals surface area (Å²) in [6.07, 6.45) is -0.380. The van der Waals surface area contributed by atoms with Gasteiger partial charge in [0.25, 0.3) is 0 Å². The highest BCUT2D eigenvalue weighted by Gasteiger charge is 2.35. The van der Waals surface area contributed by atoms with Crippen LogP contribution in [0.1, 0.15) is 17.5 Å². The van der Waals surface area contributed by atoms with Crippen LogP contribution < -0.4 is 15.5 Å². The number of hydrogen-bond acceptors (Lipinski definition) is 4. The Morgan fingerprint density at radius 3 is 2.32 bits per heavy atom. The fraction of sp³-hybridized carbons (Fsp3) is 0.286. The van der Waals surface area contributed by atoms with E-state index in [4.69, 9.17) is 0 Å². The molecule has 0 spiro atoms. The van der Waals surface area contributed by atoms with Crippen molar-refractivity contribution in [1.29, 1.82) is 0 Å². The molecule has 7 heteroatoms. The summed E-state index contributed by atoms with van der Waals surface area (Å²) in [5.74, 6) is -0.665. The number of hydrogen-bond donors (Lipinski definition) is 2. The topological polar surface area (TPSA) is 87.7 Å². The number of nitrogens with one attached hydrogen (secondary N) is 2. The lowest BCUT2D eigenvalue weighted by molar-refractivity contribution is -0.122. The first-order valence-corrected chi connectivity index (χ1v) is 9.01. The number of nitrogens with zero attached hydrogens (tertiary/aromatic N) is 1. The Bertz CT molecular complexity index is 908. The molecule has 0 radical (unpaired) electrons. The Morgan fingerprint density at radius 2 is 1.68 bits per heavy atom. The van der Waals surface area contributed by atoms with E-state index in [0.717, 1.165) is 16.8 Å². The lowest BCUT2D eigenvalue weighted by Crippen LogP contribution is -2.28. The number of amides is 3. The largest absolute Gasteiger partial charge is 0.453 e. The van der Waals surface area contributed by atoms with Crippen molar-refractivity contribution >= 4 is 35.0 Å². The lowest BCUT2D eigenvalue weighted by Gasteiger charge is -2.20. The predicted octanol–water partition coefficient (Wildman–Crippen LogP) is 3.47. The number of rotatable bonds is 4. The van der Waals surface area contributed by atoms with Crippen LogP contribution in [-0.4, -0.2) is 31.6 Å². The maximum Gasteiger partial charge on any atom is 0.411 e. The first-order valence-electron chi connectivity index (χ1n) is 9.01. The van der Waals surface area contributed by atoms with Gasteiger partial charge in [0.05, 0.1) is 13.0 Å². The van der Waals surface area contributed by atoms with E-state index in [0.29, 0.717) is 17.9 Å². The van der Waals surface area contributed by atoms with Gasteiger partial charge in [0, 0.05) is 30.0 Å². The fourth-order valence-electron chi connectivity index (χ4n) is 3.19. The van der Waals surface area contributed by atoms with Gasteiger partial charge in [-0.05, 0) is 55.3 Å². The number of ether oxygens (including phenoxy) is 1. The van der Waals surface area contributed by atoms with Crippen LogP contribution in [0.4, 0.5) is 21.9 Å². The molecule has 146 valence electrons. The first kappa shape index (κ1) is 19.4. The zero-order valence-corrected chi connectivity index (χ0v) is 16.1. The first-order chi connectivity index (χ1) is 13.4. The second-order valence-electron chi connectivity index (χ2n) is 6.81. The quantitative estimate of drug-likeness (QED) is 0.849. The van der Waals surface area contributed by atoms with Gasteiger partial charge in [-0.2, -0.15) is 0 Å². The van der Waals surface area contributed by atoms with E-state index in [1.54, 1.807) is 29.2 Å². The highest BCUT2D eigenvalue weighted by Crippen LogP contribution is 2.30. The highest BCUT2D eigenvalue weighted by atomic mass is 16.5. The van der Waals surface area contributed by atoms with Crippen LogP contribution in [0, 0.1) is 19.8 Å². The van der Waals surface area contributed by atoms with Crippen molar-refractivity contribution in [2.75, 3.05) is 29.2 Å². The molecule has 0 aliphatic carbocycles. The number of carbonyl (C=O) groups is 3. The second-order valence-corrected chi connectivity index (χ2v) is 6.81. The molecule has 2 N–H and O–H groups in total. The summed E-state index contributed by atoms with van der Waals surface area (Å²) in [4.78, 5) is 38.0. The van der Waals surface area contributed by atoms with E-state index < -0.39 is 12.0 Å². The molecule has 1 heterocycles. The average molecular weight is 381 g/mol. The van der Waals surface area contributed by atoms with Gasteiger partial charge in [0.15, 0.2) is 0 Å². The van der Waals surface area contributed by atoms with Crippen molar-refractivity contribution < 1.29 is 19.1 Å². The van der Waals surface area contributed by atoms with Crippen molar-refractivity contribution in [2.24, 2.45) is 5.92 Å². The van der Waals surface area contributed by atoms with Gasteiger partial charge in [-0.3, -0.25) is 14.9 Å². The van der Waals surface area contributed by atoms with Crippen LogP contribution in [0.15, 0.2) is 42.5 Å². The van der Waals surface area contributed by atoms with Gasteiger partial charge in [-0.1, -0.05) is 12.1 Å². The van der Waals surface area contributed by atoms with Crippen LogP contribution in [0.3, 0.4) is 0 Å². The molecule has 28 heavy (non-hydrogen) atoms. The van der Waals surface area contributed by atoms with E-state index in [2.05, 4.69) is 15.4 Å². The van der Waals surface area contributed by atoms with Gasteiger partial charge in [0.1, 0.15) is 0 Å². The van der Waals surface area contributed by atoms with Crippen molar-refractivity contribution in [3.05, 3.63) is 53.6 Å². The number of benzene rings is 2. The van der Waals surface area contributed by atoms with Gasteiger partial charge in [-0.15, -0.1) is 0 Å². The Labute approximate surface area is 163 Å². The summed E-state index contributed by atoms with van der Waals surface area (Å²) in [6, 6.07) is 12.5. The molecule has 3 amide bonds. The molecule has 0 saturated carbocycles. The zero-order chi connectivity index (χ0) is 20.3. The van der Waals surface area contributed by atoms with Gasteiger partial charge in [-0.25, -0.2) is 4.79 Å². The van der Waals surface area contributed by atoms with Crippen molar-refractivity contribution in [1.82, 2.24) is 0 Å². The van der Waals surface area contributed by atoms with Crippen LogP contribution in [0.5, 0.6) is 0 Å². The van der Waals surface area contributed by atoms with E-state index in [-0.39, 0.29) is 18.2 Å². The molecular formula is C21H23N3O4. The predicted molar refractivity (Wildman–Crippen MR) is 107 cm³/mol. The third kappa shape index (κ3) is 4.14. The molecular weight excluding hydrogens is 358 g/mol. The van der Waals surface area contributed by atoms with Crippen LogP contribution in [0.25, 0.3) is 0 Å². The molecule has 1 unspecified atom stereocenters.